The largest absolute Gasteiger partial charge is 0.396 e. The summed E-state index contributed by atoms with van der Waals surface area (Å²) in [5, 5.41) is 11.6. The third kappa shape index (κ3) is 6.34. The predicted octanol–water partition coefficient (Wildman–Crippen LogP) is -0.182. The van der Waals surface area contributed by atoms with Gasteiger partial charge in [-0.1, -0.05) is 0 Å². The second-order valence-corrected chi connectivity index (χ2v) is 5.52. The number of amides is 2. The fraction of sp³-hybridized carbons (Fsp3) is 0.857. The normalized spacial score (nSPS) is 17.9. The first-order chi connectivity index (χ1) is 9.52. The Kier molecular flexibility index (Phi) is 7.54. The molecule has 1 unspecified atom stereocenters. The van der Waals surface area contributed by atoms with Crippen molar-refractivity contribution in [1.29, 1.82) is 0 Å². The van der Waals surface area contributed by atoms with Crippen molar-refractivity contribution in [3.63, 3.8) is 0 Å². The molecule has 1 atom stereocenters. The molecule has 0 aromatic heterocycles. The zero-order chi connectivity index (χ0) is 15.0. The summed E-state index contributed by atoms with van der Waals surface area (Å²) in [6, 6.07) is -0.0131. The summed E-state index contributed by atoms with van der Waals surface area (Å²) in [6.07, 6.45) is 1.95. The lowest BCUT2D eigenvalue weighted by Crippen LogP contribution is -2.47. The molecule has 0 saturated carbocycles. The minimum absolute atomic E-state index is 0.0131. The number of rotatable bonds is 7. The zero-order valence-electron chi connectivity index (χ0n) is 12.6. The van der Waals surface area contributed by atoms with E-state index in [2.05, 4.69) is 17.3 Å². The van der Waals surface area contributed by atoms with Crippen LogP contribution < -0.4 is 5.32 Å². The van der Waals surface area contributed by atoms with Crippen LogP contribution in [0.3, 0.4) is 0 Å². The summed E-state index contributed by atoms with van der Waals surface area (Å²) < 4.78 is 0. The van der Waals surface area contributed by atoms with E-state index in [-0.39, 0.29) is 24.5 Å². The lowest BCUT2D eigenvalue weighted by Gasteiger charge is -2.32. The Labute approximate surface area is 121 Å². The van der Waals surface area contributed by atoms with Gasteiger partial charge < -0.3 is 20.2 Å². The van der Waals surface area contributed by atoms with Crippen molar-refractivity contribution < 1.29 is 14.7 Å². The smallest absolute Gasteiger partial charge is 0.222 e. The molecule has 2 amide bonds. The summed E-state index contributed by atoms with van der Waals surface area (Å²) in [5.74, 6) is 0.103. The molecule has 6 heteroatoms. The summed E-state index contributed by atoms with van der Waals surface area (Å²) in [6.45, 7) is 5.35. The monoisotopic (exact) mass is 285 g/mol. The number of nitrogens with zero attached hydrogens (tertiary/aromatic N) is 2. The number of piperazine rings is 1. The Morgan fingerprint density at radius 2 is 1.85 bits per heavy atom. The van der Waals surface area contributed by atoms with Crippen molar-refractivity contribution in [3.05, 3.63) is 0 Å². The van der Waals surface area contributed by atoms with Crippen LogP contribution in [0.15, 0.2) is 0 Å². The van der Waals surface area contributed by atoms with Crippen molar-refractivity contribution >= 4 is 11.8 Å². The molecule has 2 N–H and O–H groups in total. The van der Waals surface area contributed by atoms with Gasteiger partial charge in [-0.25, -0.2) is 0 Å². The summed E-state index contributed by atoms with van der Waals surface area (Å²) in [7, 11) is 2.06. The average molecular weight is 285 g/mol. The van der Waals surface area contributed by atoms with Crippen LogP contribution in [-0.4, -0.2) is 72.6 Å². The van der Waals surface area contributed by atoms with Crippen LogP contribution in [0.25, 0.3) is 0 Å². The maximum absolute atomic E-state index is 12.0. The van der Waals surface area contributed by atoms with Gasteiger partial charge in [0.05, 0.1) is 0 Å². The van der Waals surface area contributed by atoms with E-state index in [1.165, 1.54) is 0 Å². The number of nitrogens with one attached hydrogen (secondary N) is 1. The third-order valence-electron chi connectivity index (χ3n) is 3.62. The molecule has 0 bridgehead atoms. The van der Waals surface area contributed by atoms with Gasteiger partial charge >= 0.3 is 0 Å². The first-order valence-corrected chi connectivity index (χ1v) is 7.39. The van der Waals surface area contributed by atoms with Crippen molar-refractivity contribution in [2.24, 2.45) is 0 Å². The van der Waals surface area contributed by atoms with Gasteiger partial charge in [0.2, 0.25) is 11.8 Å². The maximum Gasteiger partial charge on any atom is 0.222 e. The highest BCUT2D eigenvalue weighted by Crippen LogP contribution is 2.05. The number of hydrogen-bond donors (Lipinski definition) is 2. The first-order valence-electron chi connectivity index (χ1n) is 7.39. The van der Waals surface area contributed by atoms with Crippen LogP contribution in [0.5, 0.6) is 0 Å². The third-order valence-corrected chi connectivity index (χ3v) is 3.62. The second kappa shape index (κ2) is 8.92. The van der Waals surface area contributed by atoms with E-state index in [0.29, 0.717) is 25.7 Å². The Bertz CT molecular complexity index is 315. The van der Waals surface area contributed by atoms with Crippen molar-refractivity contribution in [1.82, 2.24) is 15.1 Å². The van der Waals surface area contributed by atoms with Gasteiger partial charge in [-0.05, 0) is 26.8 Å². The van der Waals surface area contributed by atoms with E-state index in [1.807, 2.05) is 11.8 Å². The van der Waals surface area contributed by atoms with Crippen molar-refractivity contribution in [2.75, 3.05) is 39.8 Å². The van der Waals surface area contributed by atoms with E-state index in [1.54, 1.807) is 0 Å². The van der Waals surface area contributed by atoms with Crippen molar-refractivity contribution in [3.8, 4) is 0 Å². The van der Waals surface area contributed by atoms with Crippen molar-refractivity contribution in [2.45, 2.75) is 38.6 Å². The highest BCUT2D eigenvalue weighted by molar-refractivity contribution is 5.79. The Morgan fingerprint density at radius 1 is 1.20 bits per heavy atom. The molecular weight excluding hydrogens is 258 g/mol. The van der Waals surface area contributed by atoms with Gasteiger partial charge in [0, 0.05) is 51.7 Å². The fourth-order valence-electron chi connectivity index (χ4n) is 2.23. The molecule has 0 aliphatic carbocycles. The highest BCUT2D eigenvalue weighted by Gasteiger charge is 2.18. The van der Waals surface area contributed by atoms with E-state index < -0.39 is 0 Å². The Balaban J connectivity index is 2.13. The van der Waals surface area contributed by atoms with Crippen LogP contribution in [0.2, 0.25) is 0 Å². The first kappa shape index (κ1) is 16.9. The molecule has 1 aliphatic rings. The second-order valence-electron chi connectivity index (χ2n) is 5.52. The minimum atomic E-state index is -0.0443. The topological polar surface area (TPSA) is 72.9 Å². The molecule has 0 spiro atoms. The highest BCUT2D eigenvalue weighted by atomic mass is 16.3. The zero-order valence-corrected chi connectivity index (χ0v) is 12.6. The standard InChI is InChI=1S/C14H27N3O3/c1-12(6-11-18)15-13(19)4-3-5-14(20)17-9-7-16(2)8-10-17/h12,18H,3-11H2,1-2H3,(H,15,19). The average Bonchev–Trinajstić information content (AvgIpc) is 2.39. The molecule has 0 radical (unpaired) electrons. The van der Waals surface area contributed by atoms with E-state index in [9.17, 15) is 9.59 Å². The molecular formula is C14H27N3O3. The lowest BCUT2D eigenvalue weighted by atomic mass is 10.2. The Morgan fingerprint density at radius 3 is 2.45 bits per heavy atom. The van der Waals surface area contributed by atoms with Gasteiger partial charge in [0.15, 0.2) is 0 Å². The van der Waals surface area contributed by atoms with Gasteiger partial charge in [0.1, 0.15) is 0 Å². The number of carbonyl (C=O) groups excluding carboxylic acids is 2. The Hall–Kier alpha value is -1.14. The summed E-state index contributed by atoms with van der Waals surface area (Å²) in [4.78, 5) is 27.6. The van der Waals surface area contributed by atoms with Gasteiger partial charge in [-0.15, -0.1) is 0 Å². The lowest BCUT2D eigenvalue weighted by molar-refractivity contribution is -0.133. The van der Waals surface area contributed by atoms with Crippen LogP contribution >= 0.6 is 0 Å². The molecule has 116 valence electrons. The van der Waals surface area contributed by atoms with Crippen LogP contribution in [0, 0.1) is 0 Å². The molecule has 0 aromatic rings. The van der Waals surface area contributed by atoms with Gasteiger partial charge in [-0.3, -0.25) is 9.59 Å². The van der Waals surface area contributed by atoms with Gasteiger partial charge in [0.25, 0.3) is 0 Å². The molecule has 1 fully saturated rings. The molecule has 20 heavy (non-hydrogen) atoms. The van der Waals surface area contributed by atoms with Crippen LogP contribution in [0.1, 0.15) is 32.6 Å². The molecule has 1 saturated heterocycles. The van der Waals surface area contributed by atoms with E-state index in [4.69, 9.17) is 5.11 Å². The molecule has 0 aromatic carbocycles. The van der Waals surface area contributed by atoms with E-state index >= 15 is 0 Å². The quantitative estimate of drug-likeness (QED) is 0.680. The maximum atomic E-state index is 12.0. The molecule has 6 nitrogen and oxygen atoms in total. The number of aliphatic hydroxyl groups is 1. The number of carbonyl (C=O) groups is 2. The number of aliphatic hydroxyl groups excluding tert-OH is 1. The van der Waals surface area contributed by atoms with Gasteiger partial charge in [-0.2, -0.15) is 0 Å². The minimum Gasteiger partial charge on any atom is -0.396 e. The summed E-state index contributed by atoms with van der Waals surface area (Å²) >= 11 is 0. The number of likely N-dealkylation sites (N-methyl/N-ethyl adjacent to an activating group) is 1. The molecule has 1 aliphatic heterocycles. The molecule has 1 rings (SSSR count). The summed E-state index contributed by atoms with van der Waals surface area (Å²) in [5.41, 5.74) is 0. The number of hydrogen-bond acceptors (Lipinski definition) is 4. The SMILES string of the molecule is CC(CCO)NC(=O)CCCC(=O)N1CCN(C)CC1. The predicted molar refractivity (Wildman–Crippen MR) is 77.2 cm³/mol. The molecule has 1 heterocycles. The fourth-order valence-corrected chi connectivity index (χ4v) is 2.23. The van der Waals surface area contributed by atoms with E-state index in [0.717, 1.165) is 26.2 Å². The van der Waals surface area contributed by atoms with Crippen LogP contribution in [0.4, 0.5) is 0 Å². The van der Waals surface area contributed by atoms with Crippen LogP contribution in [-0.2, 0) is 9.59 Å².